The van der Waals surface area contributed by atoms with Crippen molar-refractivity contribution in [1.82, 2.24) is 0 Å². The Hall–Kier alpha value is -2.09. The molecule has 0 radical (unpaired) electrons. The first-order valence-electron chi connectivity index (χ1n) is 14.5. The number of ether oxygens (including phenoxy) is 1. The van der Waals surface area contributed by atoms with Gasteiger partial charge in [0.05, 0.1) is 5.56 Å². The third-order valence-corrected chi connectivity index (χ3v) is 10.9. The topological polar surface area (TPSA) is 26.3 Å². The van der Waals surface area contributed by atoms with Crippen molar-refractivity contribution in [3.8, 4) is 0 Å². The van der Waals surface area contributed by atoms with E-state index in [2.05, 4.69) is 58.9 Å². The predicted octanol–water partition coefficient (Wildman–Crippen LogP) is 8.95. The first-order chi connectivity index (χ1) is 17.2. The highest BCUT2D eigenvalue weighted by atomic mass is 16.5. The Balaban J connectivity index is 1.29. The second-order valence-corrected chi connectivity index (χ2v) is 13.1. The molecule has 0 heterocycles. The Morgan fingerprint density at radius 3 is 2.56 bits per heavy atom. The molecule has 0 aromatic heterocycles. The average Bonchev–Trinajstić information content (AvgIpc) is 3.22. The lowest BCUT2D eigenvalue weighted by atomic mass is 9.47. The molecule has 36 heavy (non-hydrogen) atoms. The SMILES string of the molecule is CC(C)=C/C=C\[C@@H](C)[C@H]1CC[C@H]2[C@@H]3CC=C4C[C@@H](OC(=O)c5ccccc5)CC[C@]4(C)[C@H]3CC[C@]12C. The van der Waals surface area contributed by atoms with Gasteiger partial charge in [-0.25, -0.2) is 4.79 Å². The number of fused-ring (bicyclic) bond motifs is 5. The number of allylic oxidation sites excluding steroid dienone is 5. The number of benzene rings is 1. The molecule has 1 aromatic carbocycles. The van der Waals surface area contributed by atoms with Gasteiger partial charge in [-0.3, -0.25) is 0 Å². The van der Waals surface area contributed by atoms with E-state index in [9.17, 15) is 4.79 Å². The van der Waals surface area contributed by atoms with Crippen LogP contribution in [0.25, 0.3) is 0 Å². The summed E-state index contributed by atoms with van der Waals surface area (Å²) in [5, 5.41) is 0. The van der Waals surface area contributed by atoms with Crippen LogP contribution in [0.5, 0.6) is 0 Å². The molecule has 0 bridgehead atoms. The summed E-state index contributed by atoms with van der Waals surface area (Å²) in [6, 6.07) is 9.46. The molecule has 2 nitrogen and oxygen atoms in total. The van der Waals surface area contributed by atoms with Crippen molar-refractivity contribution in [2.24, 2.45) is 40.4 Å². The monoisotopic (exact) mass is 486 g/mol. The van der Waals surface area contributed by atoms with E-state index in [1.807, 2.05) is 30.3 Å². The van der Waals surface area contributed by atoms with Crippen LogP contribution in [0.3, 0.4) is 0 Å². The summed E-state index contributed by atoms with van der Waals surface area (Å²) in [6.07, 6.45) is 19.4. The number of carbonyl (C=O) groups excluding carboxylic acids is 1. The fourth-order valence-corrected chi connectivity index (χ4v) is 8.98. The molecule has 3 saturated carbocycles. The Kier molecular flexibility index (Phi) is 7.09. The van der Waals surface area contributed by atoms with E-state index in [1.54, 1.807) is 5.57 Å². The second-order valence-electron chi connectivity index (χ2n) is 13.1. The van der Waals surface area contributed by atoms with Crippen LogP contribution in [0.4, 0.5) is 0 Å². The average molecular weight is 487 g/mol. The Morgan fingerprint density at radius 2 is 1.81 bits per heavy atom. The van der Waals surface area contributed by atoms with Gasteiger partial charge in [0, 0.05) is 6.42 Å². The minimum absolute atomic E-state index is 0.0201. The third kappa shape index (κ3) is 4.54. The van der Waals surface area contributed by atoms with Gasteiger partial charge in [-0.2, -0.15) is 0 Å². The fourth-order valence-electron chi connectivity index (χ4n) is 8.98. The van der Waals surface area contributed by atoms with Gasteiger partial charge in [-0.05, 0) is 111 Å². The maximum Gasteiger partial charge on any atom is 0.338 e. The van der Waals surface area contributed by atoms with Gasteiger partial charge in [0.1, 0.15) is 6.10 Å². The molecule has 2 heteroatoms. The maximum absolute atomic E-state index is 12.7. The van der Waals surface area contributed by atoms with Crippen LogP contribution in [0, 0.1) is 40.4 Å². The zero-order valence-corrected chi connectivity index (χ0v) is 23.1. The van der Waals surface area contributed by atoms with E-state index in [-0.39, 0.29) is 17.5 Å². The largest absolute Gasteiger partial charge is 0.458 e. The molecule has 0 spiro atoms. The Labute approximate surface area is 219 Å². The summed E-state index contributed by atoms with van der Waals surface area (Å²) in [4.78, 5) is 12.7. The van der Waals surface area contributed by atoms with Crippen molar-refractivity contribution in [2.45, 2.75) is 92.1 Å². The van der Waals surface area contributed by atoms with E-state index >= 15 is 0 Å². The van der Waals surface area contributed by atoms with Gasteiger partial charge in [-0.15, -0.1) is 0 Å². The summed E-state index contributed by atoms with van der Waals surface area (Å²) < 4.78 is 5.99. The normalized spacial score (nSPS) is 38.4. The minimum atomic E-state index is -0.170. The summed E-state index contributed by atoms with van der Waals surface area (Å²) in [6.45, 7) is 12.0. The minimum Gasteiger partial charge on any atom is -0.458 e. The molecule has 0 saturated heterocycles. The summed E-state index contributed by atoms with van der Waals surface area (Å²) >= 11 is 0. The third-order valence-electron chi connectivity index (χ3n) is 10.9. The van der Waals surface area contributed by atoms with Crippen LogP contribution in [0.15, 0.2) is 65.8 Å². The van der Waals surface area contributed by atoms with E-state index < -0.39 is 0 Å². The molecule has 8 atom stereocenters. The van der Waals surface area contributed by atoms with Crippen molar-refractivity contribution in [3.05, 3.63) is 71.3 Å². The number of hydrogen-bond acceptors (Lipinski definition) is 2. The summed E-state index contributed by atoms with van der Waals surface area (Å²) in [5.41, 5.74) is 4.37. The molecular weight excluding hydrogens is 440 g/mol. The Bertz CT molecular complexity index is 1040. The van der Waals surface area contributed by atoms with Gasteiger partial charge in [0.25, 0.3) is 0 Å². The molecule has 0 N–H and O–H groups in total. The first-order valence-corrected chi connectivity index (χ1v) is 14.5. The van der Waals surface area contributed by atoms with E-state index in [0.717, 1.165) is 42.9 Å². The molecule has 1 aromatic rings. The standard InChI is InChI=1S/C34H46O2/c1-23(2)10-9-11-24(3)29-16-17-30-28-15-14-26-22-27(36-32(35)25-12-7-6-8-13-25)18-20-33(26,4)31(28)19-21-34(29,30)5/h6-14,24,27-31H,15-22H2,1-5H3/b11-9-/t24-,27+,28+,29-,30+,31+,33+,34-/m1/s1. The second kappa shape index (κ2) is 9.99. The molecule has 0 amide bonds. The molecule has 0 unspecified atom stereocenters. The van der Waals surface area contributed by atoms with Crippen molar-refractivity contribution in [3.63, 3.8) is 0 Å². The van der Waals surface area contributed by atoms with E-state index in [0.29, 0.717) is 16.9 Å². The van der Waals surface area contributed by atoms with Gasteiger partial charge in [-0.1, -0.05) is 74.4 Å². The zero-order chi connectivity index (χ0) is 25.5. The van der Waals surface area contributed by atoms with Crippen LogP contribution in [0.2, 0.25) is 0 Å². The number of hydrogen-bond donors (Lipinski definition) is 0. The molecule has 194 valence electrons. The van der Waals surface area contributed by atoms with E-state index in [1.165, 1.54) is 37.7 Å². The predicted molar refractivity (Wildman–Crippen MR) is 149 cm³/mol. The number of rotatable bonds is 5. The smallest absolute Gasteiger partial charge is 0.338 e. The van der Waals surface area contributed by atoms with Crippen LogP contribution in [-0.4, -0.2) is 12.1 Å². The molecule has 5 rings (SSSR count). The molecule has 4 aliphatic rings. The van der Waals surface area contributed by atoms with Crippen molar-refractivity contribution in [1.29, 1.82) is 0 Å². The zero-order valence-electron chi connectivity index (χ0n) is 23.1. The summed E-state index contributed by atoms with van der Waals surface area (Å²) in [5.74, 6) is 3.74. The highest BCUT2D eigenvalue weighted by Crippen LogP contribution is 2.67. The van der Waals surface area contributed by atoms with Crippen molar-refractivity contribution >= 4 is 5.97 Å². The van der Waals surface area contributed by atoms with E-state index in [4.69, 9.17) is 4.74 Å². The first kappa shape index (κ1) is 25.6. The fraction of sp³-hybridized carbons (Fsp3) is 0.618. The Morgan fingerprint density at radius 1 is 1.03 bits per heavy atom. The molecule has 3 fully saturated rings. The molecule has 0 aliphatic heterocycles. The lowest BCUT2D eigenvalue weighted by molar-refractivity contribution is -0.0565. The van der Waals surface area contributed by atoms with Gasteiger partial charge >= 0.3 is 5.97 Å². The maximum atomic E-state index is 12.7. The lowest BCUT2D eigenvalue weighted by Crippen LogP contribution is -2.51. The van der Waals surface area contributed by atoms with Gasteiger partial charge < -0.3 is 4.74 Å². The number of esters is 1. The molecular formula is C34H46O2. The van der Waals surface area contributed by atoms with Crippen molar-refractivity contribution in [2.75, 3.05) is 0 Å². The van der Waals surface area contributed by atoms with Crippen LogP contribution in [0.1, 0.15) is 96.3 Å². The van der Waals surface area contributed by atoms with Crippen LogP contribution < -0.4 is 0 Å². The summed E-state index contributed by atoms with van der Waals surface area (Å²) in [7, 11) is 0. The highest BCUT2D eigenvalue weighted by molar-refractivity contribution is 5.89. The molecule has 4 aliphatic carbocycles. The van der Waals surface area contributed by atoms with Crippen molar-refractivity contribution < 1.29 is 9.53 Å². The lowest BCUT2D eigenvalue weighted by Gasteiger charge is -2.58. The van der Waals surface area contributed by atoms with Crippen LogP contribution in [-0.2, 0) is 4.74 Å². The highest BCUT2D eigenvalue weighted by Gasteiger charge is 2.59. The van der Waals surface area contributed by atoms with Crippen LogP contribution >= 0.6 is 0 Å². The van der Waals surface area contributed by atoms with Gasteiger partial charge in [0.15, 0.2) is 0 Å². The number of carbonyl (C=O) groups is 1. The van der Waals surface area contributed by atoms with Gasteiger partial charge in [0.2, 0.25) is 0 Å². The quantitative estimate of drug-likeness (QED) is 0.236.